The van der Waals surface area contributed by atoms with Gasteiger partial charge in [-0.1, -0.05) is 87.1 Å². The van der Waals surface area contributed by atoms with E-state index in [0.717, 1.165) is 25.8 Å². The van der Waals surface area contributed by atoms with Gasteiger partial charge in [0.15, 0.2) is 0 Å². The number of aliphatic imine (C=N–C) groups is 1. The fourth-order valence-electron chi connectivity index (χ4n) is 4.72. The van der Waals surface area contributed by atoms with Crippen LogP contribution in [0.5, 0.6) is 0 Å². The summed E-state index contributed by atoms with van der Waals surface area (Å²) in [7, 11) is 0. The van der Waals surface area contributed by atoms with Crippen molar-refractivity contribution in [1.29, 1.82) is 0 Å². The molecular weight excluding hydrogens is 340 g/mol. The molecule has 1 N–H and O–H groups in total. The Morgan fingerprint density at radius 3 is 1.79 bits per heavy atom. The second kappa shape index (κ2) is 9.91. The Hall–Kier alpha value is -2.09. The SMILES string of the molecule is c1ccc2c(c1)CCc1ccccc1C2NC1=NCCCCCCCCCC1. The van der Waals surface area contributed by atoms with Gasteiger partial charge in [0.25, 0.3) is 0 Å². The monoisotopic (exact) mass is 374 g/mol. The molecule has 148 valence electrons. The lowest BCUT2D eigenvalue weighted by atomic mass is 9.94. The van der Waals surface area contributed by atoms with Gasteiger partial charge in [0.05, 0.1) is 11.9 Å². The highest BCUT2D eigenvalue weighted by Gasteiger charge is 2.24. The van der Waals surface area contributed by atoms with E-state index in [2.05, 4.69) is 53.8 Å². The molecule has 1 aliphatic carbocycles. The smallest absolute Gasteiger partial charge is 0.0970 e. The summed E-state index contributed by atoms with van der Waals surface area (Å²) in [5.74, 6) is 1.22. The zero-order chi connectivity index (χ0) is 19.0. The molecule has 4 rings (SSSR count). The van der Waals surface area contributed by atoms with E-state index < -0.39 is 0 Å². The van der Waals surface area contributed by atoms with Crippen LogP contribution in [0.2, 0.25) is 0 Å². The van der Waals surface area contributed by atoms with Crippen LogP contribution in [-0.4, -0.2) is 12.4 Å². The fraction of sp³-hybridized carbons (Fsp3) is 0.500. The second-order valence-corrected chi connectivity index (χ2v) is 8.38. The first-order valence-electron chi connectivity index (χ1n) is 11.4. The molecule has 2 nitrogen and oxygen atoms in total. The van der Waals surface area contributed by atoms with E-state index in [1.807, 2.05) is 0 Å². The van der Waals surface area contributed by atoms with Gasteiger partial charge >= 0.3 is 0 Å². The van der Waals surface area contributed by atoms with E-state index in [9.17, 15) is 0 Å². The van der Waals surface area contributed by atoms with Crippen molar-refractivity contribution in [3.63, 3.8) is 0 Å². The number of benzene rings is 2. The Labute approximate surface area is 170 Å². The third-order valence-electron chi connectivity index (χ3n) is 6.33. The molecule has 0 unspecified atom stereocenters. The molecule has 0 radical (unpaired) electrons. The Balaban J connectivity index is 1.61. The lowest BCUT2D eigenvalue weighted by molar-refractivity contribution is 0.565. The lowest BCUT2D eigenvalue weighted by Crippen LogP contribution is -2.30. The summed E-state index contributed by atoms with van der Waals surface area (Å²) < 4.78 is 0. The highest BCUT2D eigenvalue weighted by molar-refractivity contribution is 5.83. The van der Waals surface area contributed by atoms with Crippen LogP contribution in [0.3, 0.4) is 0 Å². The molecule has 2 heteroatoms. The normalized spacial score (nSPS) is 19.2. The van der Waals surface area contributed by atoms with E-state index in [4.69, 9.17) is 4.99 Å². The molecule has 0 fully saturated rings. The molecule has 28 heavy (non-hydrogen) atoms. The number of aryl methyl sites for hydroxylation is 2. The van der Waals surface area contributed by atoms with Gasteiger partial charge in [0.2, 0.25) is 0 Å². The van der Waals surface area contributed by atoms with E-state index >= 15 is 0 Å². The van der Waals surface area contributed by atoms with Gasteiger partial charge < -0.3 is 5.32 Å². The third-order valence-corrected chi connectivity index (χ3v) is 6.33. The van der Waals surface area contributed by atoms with Gasteiger partial charge in [-0.25, -0.2) is 0 Å². The van der Waals surface area contributed by atoms with Gasteiger partial charge in [-0.05, 0) is 47.9 Å². The Morgan fingerprint density at radius 2 is 1.14 bits per heavy atom. The average Bonchev–Trinajstić information content (AvgIpc) is 2.87. The van der Waals surface area contributed by atoms with Gasteiger partial charge in [-0.15, -0.1) is 0 Å². The van der Waals surface area contributed by atoms with Gasteiger partial charge in [0.1, 0.15) is 0 Å². The molecule has 2 aromatic rings. The first-order valence-corrected chi connectivity index (χ1v) is 11.4. The maximum atomic E-state index is 5.03. The summed E-state index contributed by atoms with van der Waals surface area (Å²) in [6.45, 7) is 0.971. The number of amidine groups is 1. The minimum Gasteiger partial charge on any atom is -0.363 e. The maximum Gasteiger partial charge on any atom is 0.0970 e. The lowest BCUT2D eigenvalue weighted by Gasteiger charge is -2.24. The van der Waals surface area contributed by atoms with E-state index in [1.54, 1.807) is 0 Å². The molecule has 0 bridgehead atoms. The molecule has 2 aliphatic rings. The molecule has 1 heterocycles. The van der Waals surface area contributed by atoms with Crippen LogP contribution in [0, 0.1) is 0 Å². The van der Waals surface area contributed by atoms with Crippen LogP contribution in [0.25, 0.3) is 0 Å². The first kappa shape index (κ1) is 19.2. The van der Waals surface area contributed by atoms with Crippen molar-refractivity contribution in [3.8, 4) is 0 Å². The topological polar surface area (TPSA) is 24.4 Å². The van der Waals surface area contributed by atoms with Crippen molar-refractivity contribution >= 4 is 5.84 Å². The van der Waals surface area contributed by atoms with Crippen molar-refractivity contribution in [3.05, 3.63) is 70.8 Å². The van der Waals surface area contributed by atoms with Crippen molar-refractivity contribution in [2.24, 2.45) is 4.99 Å². The fourth-order valence-corrected chi connectivity index (χ4v) is 4.72. The molecule has 0 atom stereocenters. The number of hydrogen-bond donors (Lipinski definition) is 1. The Kier molecular flexibility index (Phi) is 6.81. The zero-order valence-corrected chi connectivity index (χ0v) is 17.1. The number of nitrogens with one attached hydrogen (secondary N) is 1. The largest absolute Gasteiger partial charge is 0.363 e. The third kappa shape index (κ3) is 4.84. The maximum absolute atomic E-state index is 5.03. The molecule has 0 aromatic heterocycles. The Morgan fingerprint density at radius 1 is 0.607 bits per heavy atom. The number of rotatable bonds is 1. The van der Waals surface area contributed by atoms with Crippen LogP contribution in [0.1, 0.15) is 86.1 Å². The van der Waals surface area contributed by atoms with Crippen molar-refractivity contribution in [1.82, 2.24) is 5.32 Å². The van der Waals surface area contributed by atoms with Crippen molar-refractivity contribution in [2.75, 3.05) is 6.54 Å². The summed E-state index contributed by atoms with van der Waals surface area (Å²) in [4.78, 5) is 5.03. The summed E-state index contributed by atoms with van der Waals surface area (Å²) >= 11 is 0. The van der Waals surface area contributed by atoms with Crippen LogP contribution < -0.4 is 5.32 Å². The van der Waals surface area contributed by atoms with Gasteiger partial charge in [0, 0.05) is 13.0 Å². The van der Waals surface area contributed by atoms with Crippen molar-refractivity contribution in [2.45, 2.75) is 76.7 Å². The van der Waals surface area contributed by atoms with Crippen LogP contribution >= 0.6 is 0 Å². The van der Waals surface area contributed by atoms with Crippen LogP contribution in [0.4, 0.5) is 0 Å². The zero-order valence-electron chi connectivity index (χ0n) is 17.1. The summed E-state index contributed by atoms with van der Waals surface area (Å²) in [6.07, 6.45) is 14.0. The minimum atomic E-state index is 0.224. The second-order valence-electron chi connectivity index (χ2n) is 8.38. The van der Waals surface area contributed by atoms with Crippen LogP contribution in [-0.2, 0) is 12.8 Å². The highest BCUT2D eigenvalue weighted by Crippen LogP contribution is 2.32. The minimum absolute atomic E-state index is 0.224. The molecular formula is C26H34N2. The summed E-state index contributed by atoms with van der Waals surface area (Å²) in [5.41, 5.74) is 5.82. The number of hydrogen-bond acceptors (Lipinski definition) is 2. The highest BCUT2D eigenvalue weighted by atomic mass is 15.0. The predicted octanol–water partition coefficient (Wildman–Crippen LogP) is 6.39. The van der Waals surface area contributed by atoms with E-state index in [0.29, 0.717) is 0 Å². The Bertz CT molecular complexity index is 745. The molecule has 0 spiro atoms. The van der Waals surface area contributed by atoms with E-state index in [-0.39, 0.29) is 6.04 Å². The molecule has 1 aliphatic heterocycles. The van der Waals surface area contributed by atoms with Gasteiger partial charge in [-0.2, -0.15) is 0 Å². The molecule has 0 saturated carbocycles. The number of nitrogens with zero attached hydrogens (tertiary/aromatic N) is 1. The molecule has 0 saturated heterocycles. The first-order chi connectivity index (χ1) is 13.9. The van der Waals surface area contributed by atoms with Crippen LogP contribution in [0.15, 0.2) is 53.5 Å². The van der Waals surface area contributed by atoms with Crippen molar-refractivity contribution < 1.29 is 0 Å². The standard InChI is InChI=1S/C26H34N2/c1-2-4-6-12-20-27-25(17-7-5-3-1)28-26-23-15-10-8-13-21(23)18-19-22-14-9-11-16-24(22)26/h8-11,13-16,26H,1-7,12,17-20H2,(H,27,28). The van der Waals surface area contributed by atoms with E-state index in [1.165, 1.54) is 79.5 Å². The average molecular weight is 375 g/mol. The molecule has 2 aromatic carbocycles. The predicted molar refractivity (Wildman–Crippen MR) is 119 cm³/mol. The summed E-state index contributed by atoms with van der Waals surface area (Å²) in [6, 6.07) is 18.2. The quantitative estimate of drug-likeness (QED) is 0.615. The van der Waals surface area contributed by atoms with Gasteiger partial charge in [-0.3, -0.25) is 4.99 Å². The summed E-state index contributed by atoms with van der Waals surface area (Å²) in [5, 5.41) is 3.91. The number of fused-ring (bicyclic) bond motifs is 2. The molecule has 0 amide bonds.